The molecule has 4 nitrogen and oxygen atoms in total. The van der Waals surface area contributed by atoms with Gasteiger partial charge in [0.25, 0.3) is 0 Å². The monoisotopic (exact) mass is 377 g/mol. The van der Waals surface area contributed by atoms with E-state index < -0.39 is 5.54 Å². The highest BCUT2D eigenvalue weighted by atomic mass is 35.5. The van der Waals surface area contributed by atoms with Crippen LogP contribution in [0.5, 0.6) is 0 Å². The van der Waals surface area contributed by atoms with Crippen molar-refractivity contribution in [2.24, 2.45) is 10.7 Å². The first-order valence-electron chi connectivity index (χ1n) is 7.79. The van der Waals surface area contributed by atoms with E-state index in [-0.39, 0.29) is 18.0 Å². The molecule has 2 heterocycles. The van der Waals surface area contributed by atoms with Crippen molar-refractivity contribution in [1.82, 2.24) is 4.98 Å². The molecule has 0 aliphatic carbocycles. The van der Waals surface area contributed by atoms with Crippen LogP contribution in [0.15, 0.2) is 41.5 Å². The van der Waals surface area contributed by atoms with Crippen molar-refractivity contribution in [3.63, 3.8) is 0 Å². The maximum absolute atomic E-state index is 14.4. The van der Waals surface area contributed by atoms with Crippen molar-refractivity contribution < 1.29 is 9.18 Å². The Labute approximate surface area is 154 Å². The molecule has 130 valence electrons. The number of carbonyl (C=O) groups is 1. The van der Waals surface area contributed by atoms with E-state index in [9.17, 15) is 9.18 Å². The Morgan fingerprint density at radius 1 is 1.40 bits per heavy atom. The van der Waals surface area contributed by atoms with Crippen molar-refractivity contribution in [2.75, 3.05) is 5.75 Å². The van der Waals surface area contributed by atoms with Crippen LogP contribution in [0.1, 0.15) is 35.0 Å². The van der Waals surface area contributed by atoms with Gasteiger partial charge in [0.1, 0.15) is 11.5 Å². The van der Waals surface area contributed by atoms with Gasteiger partial charge in [0.15, 0.2) is 11.0 Å². The van der Waals surface area contributed by atoms with Crippen LogP contribution < -0.4 is 5.73 Å². The molecule has 1 aliphatic heterocycles. The van der Waals surface area contributed by atoms with E-state index in [0.29, 0.717) is 33.4 Å². The fraction of sp³-hybridized carbons (Fsp3) is 0.278. The first-order valence-corrected chi connectivity index (χ1v) is 9.15. The van der Waals surface area contributed by atoms with Crippen LogP contribution >= 0.6 is 23.4 Å². The zero-order valence-corrected chi connectivity index (χ0v) is 15.2. The van der Waals surface area contributed by atoms with Crippen LogP contribution in [0.3, 0.4) is 0 Å². The zero-order chi connectivity index (χ0) is 18.0. The van der Waals surface area contributed by atoms with Crippen LogP contribution in [0, 0.1) is 5.82 Å². The largest absolute Gasteiger partial charge is 0.379 e. The van der Waals surface area contributed by atoms with Gasteiger partial charge < -0.3 is 5.73 Å². The number of rotatable bonds is 4. The summed E-state index contributed by atoms with van der Waals surface area (Å²) in [5, 5.41) is 0.930. The van der Waals surface area contributed by atoms with Gasteiger partial charge in [-0.05, 0) is 43.2 Å². The lowest BCUT2D eigenvalue weighted by atomic mass is 9.87. The summed E-state index contributed by atoms with van der Waals surface area (Å²) in [6.07, 6.45) is 2.25. The second-order valence-corrected chi connectivity index (χ2v) is 7.65. The molecule has 0 fully saturated rings. The Hall–Kier alpha value is -1.92. The van der Waals surface area contributed by atoms with E-state index in [4.69, 9.17) is 17.3 Å². The number of thioether (sulfide) groups is 1. The SMILES string of the molecule is C[C@@]1(c2cc(CC(=O)c3ccc(Cl)cn3)ccc2F)CCSC(N)=N1. The molecule has 1 aromatic heterocycles. The predicted molar refractivity (Wildman–Crippen MR) is 99.7 cm³/mol. The molecule has 0 unspecified atom stereocenters. The Morgan fingerprint density at radius 3 is 2.88 bits per heavy atom. The molecule has 2 N–H and O–H groups in total. The standard InChI is InChI=1S/C18H17ClFN3OS/c1-18(6-7-25-17(21)23-18)13-8-11(2-4-14(13)20)9-16(24)15-5-3-12(19)10-22-15/h2-5,8,10H,6-7,9H2,1H3,(H2,21,23)/t18-/m0/s1. The minimum absolute atomic E-state index is 0.131. The van der Waals surface area contributed by atoms with Crippen LogP contribution in [-0.2, 0) is 12.0 Å². The Kier molecular flexibility index (Phi) is 5.11. The molecule has 3 rings (SSSR count). The van der Waals surface area contributed by atoms with Gasteiger partial charge in [0.2, 0.25) is 0 Å². The Morgan fingerprint density at radius 2 is 2.20 bits per heavy atom. The van der Waals surface area contributed by atoms with Gasteiger partial charge in [-0.3, -0.25) is 14.8 Å². The first-order chi connectivity index (χ1) is 11.9. The number of nitrogens with zero attached hydrogens (tertiary/aromatic N) is 2. The number of nitrogens with two attached hydrogens (primary N) is 1. The number of benzene rings is 1. The molecule has 1 aromatic carbocycles. The molecular formula is C18H17ClFN3OS. The predicted octanol–water partition coefficient (Wildman–Crippen LogP) is 3.97. The van der Waals surface area contributed by atoms with E-state index >= 15 is 0 Å². The van der Waals surface area contributed by atoms with Crippen molar-refractivity contribution in [2.45, 2.75) is 25.3 Å². The molecule has 2 aromatic rings. The zero-order valence-electron chi connectivity index (χ0n) is 13.6. The summed E-state index contributed by atoms with van der Waals surface area (Å²) in [5.74, 6) is 0.289. The second kappa shape index (κ2) is 7.14. The number of Topliss-reactive ketones (excluding diaryl/α,β-unsaturated/α-hetero) is 1. The van der Waals surface area contributed by atoms with Gasteiger partial charge in [-0.15, -0.1) is 0 Å². The number of halogens is 2. The number of carbonyl (C=O) groups excluding carboxylic acids is 1. The van der Waals surface area contributed by atoms with Crippen molar-refractivity contribution in [1.29, 1.82) is 0 Å². The van der Waals surface area contributed by atoms with Gasteiger partial charge in [-0.1, -0.05) is 29.4 Å². The third-order valence-electron chi connectivity index (χ3n) is 4.18. The summed E-state index contributed by atoms with van der Waals surface area (Å²) in [5.41, 5.74) is 6.62. The molecule has 7 heteroatoms. The highest BCUT2D eigenvalue weighted by Crippen LogP contribution is 2.36. The van der Waals surface area contributed by atoms with Crippen molar-refractivity contribution in [3.8, 4) is 0 Å². The number of aromatic nitrogens is 1. The third-order valence-corrected chi connectivity index (χ3v) is 5.20. The maximum atomic E-state index is 14.4. The molecule has 0 bridgehead atoms. The van der Waals surface area contributed by atoms with Crippen LogP contribution in [-0.4, -0.2) is 21.7 Å². The van der Waals surface area contributed by atoms with E-state index in [0.717, 1.165) is 5.75 Å². The lowest BCUT2D eigenvalue weighted by Gasteiger charge is -2.30. The number of hydrogen-bond donors (Lipinski definition) is 1. The number of pyridine rings is 1. The molecule has 0 amide bonds. The Bertz CT molecular complexity index is 841. The van der Waals surface area contributed by atoms with Crippen LogP contribution in [0.2, 0.25) is 5.02 Å². The summed E-state index contributed by atoms with van der Waals surface area (Å²) in [7, 11) is 0. The van der Waals surface area contributed by atoms with Crippen molar-refractivity contribution in [3.05, 3.63) is 64.2 Å². The number of hydrogen-bond acceptors (Lipinski definition) is 5. The topological polar surface area (TPSA) is 68.3 Å². The smallest absolute Gasteiger partial charge is 0.185 e. The Balaban J connectivity index is 1.88. The summed E-state index contributed by atoms with van der Waals surface area (Å²) in [6, 6.07) is 7.90. The number of amidine groups is 1. The fourth-order valence-corrected chi connectivity index (χ4v) is 3.88. The van der Waals surface area contributed by atoms with Gasteiger partial charge in [-0.25, -0.2) is 4.39 Å². The molecule has 0 radical (unpaired) electrons. The number of ketones is 1. The number of aliphatic imine (C=N–C) groups is 1. The highest BCUT2D eigenvalue weighted by molar-refractivity contribution is 8.13. The quantitative estimate of drug-likeness (QED) is 0.818. The molecule has 0 spiro atoms. The molecule has 0 saturated heterocycles. The van der Waals surface area contributed by atoms with Gasteiger partial charge in [0, 0.05) is 23.9 Å². The lowest BCUT2D eigenvalue weighted by molar-refractivity contribution is 0.0988. The fourth-order valence-electron chi connectivity index (χ4n) is 2.79. The van der Waals surface area contributed by atoms with Gasteiger partial charge >= 0.3 is 0 Å². The van der Waals surface area contributed by atoms with E-state index in [1.165, 1.54) is 24.0 Å². The summed E-state index contributed by atoms with van der Waals surface area (Å²) < 4.78 is 14.4. The van der Waals surface area contributed by atoms with Crippen LogP contribution in [0.4, 0.5) is 4.39 Å². The minimum atomic E-state index is -0.711. The van der Waals surface area contributed by atoms with Gasteiger partial charge in [0.05, 0.1) is 10.6 Å². The molecule has 25 heavy (non-hydrogen) atoms. The van der Waals surface area contributed by atoms with Crippen LogP contribution in [0.25, 0.3) is 0 Å². The second-order valence-electron chi connectivity index (χ2n) is 6.10. The van der Waals surface area contributed by atoms with E-state index in [1.807, 2.05) is 6.92 Å². The average molecular weight is 378 g/mol. The normalized spacial score (nSPS) is 20.2. The molecular weight excluding hydrogens is 361 g/mol. The molecule has 1 aliphatic rings. The van der Waals surface area contributed by atoms with Crippen molar-refractivity contribution >= 4 is 34.3 Å². The molecule has 1 atom stereocenters. The summed E-state index contributed by atoms with van der Waals surface area (Å²) in [4.78, 5) is 20.8. The maximum Gasteiger partial charge on any atom is 0.185 e. The molecule has 0 saturated carbocycles. The lowest BCUT2D eigenvalue weighted by Crippen LogP contribution is -2.29. The van der Waals surface area contributed by atoms with E-state index in [2.05, 4.69) is 9.98 Å². The minimum Gasteiger partial charge on any atom is -0.379 e. The summed E-state index contributed by atoms with van der Waals surface area (Å²) >= 11 is 7.25. The third kappa shape index (κ3) is 4.02. The van der Waals surface area contributed by atoms with Gasteiger partial charge in [-0.2, -0.15) is 0 Å². The highest BCUT2D eigenvalue weighted by Gasteiger charge is 2.32. The average Bonchev–Trinajstić information content (AvgIpc) is 2.57. The summed E-state index contributed by atoms with van der Waals surface area (Å²) in [6.45, 7) is 1.87. The first kappa shape index (κ1) is 17.9. The van der Waals surface area contributed by atoms with E-state index in [1.54, 1.807) is 24.3 Å².